The fourth-order valence-corrected chi connectivity index (χ4v) is 0. The van der Waals surface area contributed by atoms with Crippen LogP contribution >= 0.6 is 0 Å². The van der Waals surface area contributed by atoms with E-state index in [1.807, 2.05) is 0 Å². The Morgan fingerprint density at radius 1 is 0.500 bits per heavy atom. The molecule has 35 valence electrons. The van der Waals surface area contributed by atoms with E-state index in [1.165, 1.54) is 0 Å². The standard InChI is InChI=1S/3Pt.V. The molecule has 0 rings (SSSR count). The average Bonchev–Trinajstić information content (AvgIpc) is 0. The first-order chi connectivity index (χ1) is 0. The summed E-state index contributed by atoms with van der Waals surface area (Å²) in [7, 11) is 0. The molecule has 0 aromatic carbocycles. The third kappa shape index (κ3) is 8.82. The van der Waals surface area contributed by atoms with Gasteiger partial charge in [0, 0.05) is 81.8 Å². The van der Waals surface area contributed by atoms with Crippen LogP contribution in [0, 0.1) is 0 Å². The quantitative estimate of drug-likeness (QED) is 0.352. The second-order valence-electron chi connectivity index (χ2n) is 0. The molecule has 0 saturated carbocycles. The Labute approximate surface area is 80.5 Å². The smallest absolute Gasteiger partial charge is 0 e. The SMILES string of the molecule is [Pt].[Pt].[Pt].[V]. The second kappa shape index (κ2) is 17.4. The third-order valence-corrected chi connectivity index (χ3v) is 0. The van der Waals surface area contributed by atoms with Crippen molar-refractivity contribution in [1.29, 1.82) is 0 Å². The van der Waals surface area contributed by atoms with Gasteiger partial charge in [-0.05, 0) is 0 Å². The fraction of sp³-hybridized carbons (Fsp3) is 0. The summed E-state index contributed by atoms with van der Waals surface area (Å²) in [4.78, 5) is 0. The summed E-state index contributed by atoms with van der Waals surface area (Å²) in [6, 6.07) is 0. The number of rotatable bonds is 0. The summed E-state index contributed by atoms with van der Waals surface area (Å²) in [5.41, 5.74) is 0. The van der Waals surface area contributed by atoms with E-state index in [0.29, 0.717) is 0 Å². The van der Waals surface area contributed by atoms with Crippen LogP contribution in [-0.4, -0.2) is 0 Å². The van der Waals surface area contributed by atoms with Crippen molar-refractivity contribution in [3.8, 4) is 0 Å². The molecule has 0 heterocycles. The molecule has 0 N–H and O–H groups in total. The summed E-state index contributed by atoms with van der Waals surface area (Å²) in [5, 5.41) is 0. The van der Waals surface area contributed by atoms with Crippen LogP contribution < -0.4 is 0 Å². The molecule has 0 atom stereocenters. The Hall–Kier alpha value is 2.65. The van der Waals surface area contributed by atoms with Gasteiger partial charge in [0.2, 0.25) is 0 Å². The minimum Gasteiger partial charge on any atom is 0 e. The molecule has 0 amide bonds. The van der Waals surface area contributed by atoms with Gasteiger partial charge < -0.3 is 0 Å². The Morgan fingerprint density at radius 3 is 0.500 bits per heavy atom. The molecule has 0 aromatic rings. The molecule has 0 spiro atoms. The van der Waals surface area contributed by atoms with Crippen LogP contribution in [0.25, 0.3) is 0 Å². The van der Waals surface area contributed by atoms with Gasteiger partial charge in [0.25, 0.3) is 0 Å². The van der Waals surface area contributed by atoms with E-state index in [4.69, 9.17) is 0 Å². The van der Waals surface area contributed by atoms with Crippen molar-refractivity contribution in [1.82, 2.24) is 0 Å². The van der Waals surface area contributed by atoms with Crippen molar-refractivity contribution < 1.29 is 81.8 Å². The fourth-order valence-electron chi connectivity index (χ4n) is 0. The van der Waals surface area contributed by atoms with Crippen molar-refractivity contribution in [3.05, 3.63) is 0 Å². The molecule has 0 aromatic heterocycles. The Kier molecular flexibility index (Phi) is 132. The van der Waals surface area contributed by atoms with Gasteiger partial charge in [0.1, 0.15) is 0 Å². The molecule has 0 aliphatic rings. The molecule has 4 heteroatoms. The Morgan fingerprint density at radius 2 is 0.500 bits per heavy atom. The van der Waals surface area contributed by atoms with Crippen LogP contribution in [0.3, 0.4) is 0 Å². The second-order valence-corrected chi connectivity index (χ2v) is 0. The van der Waals surface area contributed by atoms with Crippen LogP contribution in [0.2, 0.25) is 0 Å². The first-order valence-electron chi connectivity index (χ1n) is 0. The van der Waals surface area contributed by atoms with Crippen molar-refractivity contribution in [2.75, 3.05) is 0 Å². The zero-order valence-corrected chi connectivity index (χ0v) is 9.61. The summed E-state index contributed by atoms with van der Waals surface area (Å²) < 4.78 is 0. The van der Waals surface area contributed by atoms with E-state index >= 15 is 0 Å². The molecule has 4 heavy (non-hydrogen) atoms. The maximum atomic E-state index is 0. The summed E-state index contributed by atoms with van der Waals surface area (Å²) in [6.07, 6.45) is 0. The number of hydrogen-bond donors (Lipinski definition) is 0. The summed E-state index contributed by atoms with van der Waals surface area (Å²) >= 11 is 0. The molecule has 0 aliphatic carbocycles. The van der Waals surface area contributed by atoms with E-state index in [9.17, 15) is 0 Å². The minimum atomic E-state index is 0. The Bertz CT molecular complexity index is 3.25. The predicted molar refractivity (Wildman–Crippen MR) is 0 cm³/mol. The van der Waals surface area contributed by atoms with Crippen LogP contribution in [0.4, 0.5) is 0 Å². The van der Waals surface area contributed by atoms with E-state index < -0.39 is 0 Å². The molecule has 0 fully saturated rings. The van der Waals surface area contributed by atoms with Crippen LogP contribution in [-0.2, 0) is 81.8 Å². The topological polar surface area (TPSA) is 0 Å². The van der Waals surface area contributed by atoms with Gasteiger partial charge >= 0.3 is 0 Å². The minimum absolute atomic E-state index is 0. The average molecular weight is 636 g/mol. The zero-order chi connectivity index (χ0) is 0. The van der Waals surface area contributed by atoms with Crippen LogP contribution in [0.15, 0.2) is 0 Å². The molecular weight excluding hydrogens is 636 g/mol. The van der Waals surface area contributed by atoms with Gasteiger partial charge in [0.05, 0.1) is 0 Å². The maximum absolute atomic E-state index is 0. The zero-order valence-electron chi connectivity index (χ0n) is 1.40. The molecular formula is Pt3V. The molecule has 0 saturated heterocycles. The van der Waals surface area contributed by atoms with Gasteiger partial charge in [-0.1, -0.05) is 0 Å². The van der Waals surface area contributed by atoms with Crippen molar-refractivity contribution in [2.24, 2.45) is 0 Å². The van der Waals surface area contributed by atoms with Gasteiger partial charge in [-0.3, -0.25) is 0 Å². The number of hydrogen-bond acceptors (Lipinski definition) is 0. The summed E-state index contributed by atoms with van der Waals surface area (Å²) in [5.74, 6) is 0. The molecule has 0 unspecified atom stereocenters. The normalized spacial score (nSPS) is 0. The Balaban J connectivity index is 0. The van der Waals surface area contributed by atoms with E-state index in [1.54, 1.807) is 0 Å². The first-order valence-corrected chi connectivity index (χ1v) is 0. The van der Waals surface area contributed by atoms with E-state index in [-0.39, 0.29) is 81.8 Å². The molecule has 1 radical (unpaired) electrons. The molecule has 0 nitrogen and oxygen atoms in total. The van der Waals surface area contributed by atoms with Crippen molar-refractivity contribution in [2.45, 2.75) is 0 Å². The van der Waals surface area contributed by atoms with E-state index in [0.717, 1.165) is 0 Å². The molecule has 0 bridgehead atoms. The molecule has 0 aliphatic heterocycles. The predicted octanol–water partition coefficient (Wildman–Crippen LogP) is -0.0100. The first kappa shape index (κ1) is 30.2. The monoisotopic (exact) mass is 636 g/mol. The van der Waals surface area contributed by atoms with E-state index in [2.05, 4.69) is 0 Å². The largest absolute Gasteiger partial charge is 0 e. The van der Waals surface area contributed by atoms with Crippen LogP contribution in [0.5, 0.6) is 0 Å². The van der Waals surface area contributed by atoms with Gasteiger partial charge in [-0.2, -0.15) is 0 Å². The van der Waals surface area contributed by atoms with Gasteiger partial charge in [-0.15, -0.1) is 0 Å². The maximum Gasteiger partial charge on any atom is 0 e. The van der Waals surface area contributed by atoms with Crippen molar-refractivity contribution >= 4 is 0 Å². The van der Waals surface area contributed by atoms with Crippen molar-refractivity contribution in [3.63, 3.8) is 0 Å². The third-order valence-electron chi connectivity index (χ3n) is 0. The van der Waals surface area contributed by atoms with Gasteiger partial charge in [0.15, 0.2) is 0 Å². The summed E-state index contributed by atoms with van der Waals surface area (Å²) in [6.45, 7) is 0. The van der Waals surface area contributed by atoms with Crippen LogP contribution in [0.1, 0.15) is 0 Å². The van der Waals surface area contributed by atoms with Gasteiger partial charge in [-0.25, -0.2) is 0 Å².